The van der Waals surface area contributed by atoms with Crippen LogP contribution in [0.3, 0.4) is 0 Å². The van der Waals surface area contributed by atoms with E-state index in [0.29, 0.717) is 5.92 Å². The summed E-state index contributed by atoms with van der Waals surface area (Å²) in [5, 5.41) is 5.43. The maximum absolute atomic E-state index is 6.27. The van der Waals surface area contributed by atoms with Gasteiger partial charge in [-0.25, -0.2) is 4.98 Å². The molecule has 0 saturated carbocycles. The normalized spacial score (nSPS) is 17.8. The van der Waals surface area contributed by atoms with Gasteiger partial charge in [-0.15, -0.1) is 11.3 Å². The van der Waals surface area contributed by atoms with Gasteiger partial charge in [-0.1, -0.05) is 35.9 Å². The SMILES string of the molecule is Clc1cccc2nc(C3CCNc4ccccc43)sc12. The summed E-state index contributed by atoms with van der Waals surface area (Å²) in [6, 6.07) is 14.4. The largest absolute Gasteiger partial charge is 0.385 e. The summed E-state index contributed by atoms with van der Waals surface area (Å²) < 4.78 is 1.10. The number of thiazole rings is 1. The van der Waals surface area contributed by atoms with Gasteiger partial charge in [0.15, 0.2) is 0 Å². The second kappa shape index (κ2) is 4.76. The smallest absolute Gasteiger partial charge is 0.101 e. The molecular weight excluding hydrogens is 288 g/mol. The van der Waals surface area contributed by atoms with Crippen molar-refractivity contribution in [1.82, 2.24) is 4.98 Å². The Balaban J connectivity index is 1.86. The van der Waals surface area contributed by atoms with Crippen molar-refractivity contribution in [2.24, 2.45) is 0 Å². The van der Waals surface area contributed by atoms with Crippen LogP contribution in [0.2, 0.25) is 5.02 Å². The Kier molecular flexibility index (Phi) is 2.90. The monoisotopic (exact) mass is 300 g/mol. The Morgan fingerprint density at radius 2 is 2.05 bits per heavy atom. The van der Waals surface area contributed by atoms with Crippen molar-refractivity contribution in [3.63, 3.8) is 0 Å². The highest BCUT2D eigenvalue weighted by Crippen LogP contribution is 2.40. The molecule has 2 aromatic carbocycles. The Bertz CT molecular complexity index is 781. The molecule has 0 radical (unpaired) electrons. The van der Waals surface area contributed by atoms with E-state index in [2.05, 4.69) is 29.6 Å². The molecule has 0 amide bonds. The van der Waals surface area contributed by atoms with Crippen LogP contribution in [0, 0.1) is 0 Å². The number of hydrogen-bond acceptors (Lipinski definition) is 3. The number of anilines is 1. The molecule has 0 fully saturated rings. The van der Waals surface area contributed by atoms with Gasteiger partial charge in [-0.05, 0) is 30.2 Å². The first-order chi connectivity index (χ1) is 9.83. The summed E-state index contributed by atoms with van der Waals surface area (Å²) in [6.45, 7) is 0.991. The summed E-state index contributed by atoms with van der Waals surface area (Å²) in [6.07, 6.45) is 1.08. The van der Waals surface area contributed by atoms with E-state index in [1.54, 1.807) is 11.3 Å². The number of nitrogens with one attached hydrogen (secondary N) is 1. The lowest BCUT2D eigenvalue weighted by Gasteiger charge is -2.25. The number of nitrogens with zero attached hydrogens (tertiary/aromatic N) is 1. The number of rotatable bonds is 1. The zero-order chi connectivity index (χ0) is 13.5. The van der Waals surface area contributed by atoms with Crippen LogP contribution < -0.4 is 5.32 Å². The van der Waals surface area contributed by atoms with Gasteiger partial charge in [0.2, 0.25) is 0 Å². The van der Waals surface area contributed by atoms with Crippen LogP contribution in [0.25, 0.3) is 10.2 Å². The highest BCUT2D eigenvalue weighted by molar-refractivity contribution is 7.19. The summed E-state index contributed by atoms with van der Waals surface area (Å²) in [5.41, 5.74) is 3.58. The number of fused-ring (bicyclic) bond motifs is 2. The number of para-hydroxylation sites is 1. The molecule has 1 aliphatic rings. The third-order valence-electron chi connectivity index (χ3n) is 3.77. The molecular formula is C16H13ClN2S. The fraction of sp³-hybridized carbons (Fsp3) is 0.188. The van der Waals surface area contributed by atoms with Gasteiger partial charge < -0.3 is 5.32 Å². The van der Waals surface area contributed by atoms with E-state index in [1.165, 1.54) is 16.3 Å². The summed E-state index contributed by atoms with van der Waals surface area (Å²) in [4.78, 5) is 4.80. The van der Waals surface area contributed by atoms with Gasteiger partial charge in [0.25, 0.3) is 0 Å². The maximum atomic E-state index is 6.27. The molecule has 100 valence electrons. The standard InChI is InChI=1S/C16H13ClN2S/c17-12-5-3-7-14-15(12)20-16(19-14)11-8-9-18-13-6-2-1-4-10(11)13/h1-7,11,18H,8-9H2. The van der Waals surface area contributed by atoms with E-state index < -0.39 is 0 Å². The van der Waals surface area contributed by atoms with Crippen LogP contribution in [0.4, 0.5) is 5.69 Å². The minimum Gasteiger partial charge on any atom is -0.385 e. The molecule has 20 heavy (non-hydrogen) atoms. The molecule has 1 aliphatic heterocycles. The number of hydrogen-bond donors (Lipinski definition) is 1. The van der Waals surface area contributed by atoms with Crippen LogP contribution in [0.5, 0.6) is 0 Å². The van der Waals surface area contributed by atoms with E-state index in [0.717, 1.165) is 28.2 Å². The molecule has 2 nitrogen and oxygen atoms in total. The van der Waals surface area contributed by atoms with Crippen molar-refractivity contribution >= 4 is 38.8 Å². The second-order valence-corrected chi connectivity index (χ2v) is 6.43. The predicted octanol–water partition coefficient (Wildman–Crippen LogP) is 4.90. The second-order valence-electron chi connectivity index (χ2n) is 5.00. The van der Waals surface area contributed by atoms with Crippen molar-refractivity contribution in [2.45, 2.75) is 12.3 Å². The van der Waals surface area contributed by atoms with Crippen LogP contribution in [0.15, 0.2) is 42.5 Å². The van der Waals surface area contributed by atoms with Gasteiger partial charge >= 0.3 is 0 Å². The topological polar surface area (TPSA) is 24.9 Å². The van der Waals surface area contributed by atoms with Crippen molar-refractivity contribution < 1.29 is 0 Å². The Hall–Kier alpha value is -1.58. The molecule has 3 aromatic rings. The molecule has 1 atom stereocenters. The van der Waals surface area contributed by atoms with Crippen molar-refractivity contribution in [2.75, 3.05) is 11.9 Å². The first-order valence-corrected chi connectivity index (χ1v) is 7.90. The highest BCUT2D eigenvalue weighted by atomic mass is 35.5. The van der Waals surface area contributed by atoms with Gasteiger partial charge in [0.1, 0.15) is 5.01 Å². The quantitative estimate of drug-likeness (QED) is 0.691. The third-order valence-corrected chi connectivity index (χ3v) is 5.41. The lowest BCUT2D eigenvalue weighted by Crippen LogP contribution is -2.17. The van der Waals surface area contributed by atoms with E-state index in [9.17, 15) is 0 Å². The number of aromatic nitrogens is 1. The lowest BCUT2D eigenvalue weighted by atomic mass is 9.91. The minimum atomic E-state index is 0.376. The molecule has 4 heteroatoms. The third kappa shape index (κ3) is 1.89. The number of benzene rings is 2. The maximum Gasteiger partial charge on any atom is 0.101 e. The Morgan fingerprint density at radius 1 is 1.15 bits per heavy atom. The average molecular weight is 301 g/mol. The van der Waals surface area contributed by atoms with Crippen LogP contribution in [-0.2, 0) is 0 Å². The molecule has 4 rings (SSSR count). The summed E-state index contributed by atoms with van der Waals surface area (Å²) >= 11 is 7.99. The van der Waals surface area contributed by atoms with Crippen LogP contribution >= 0.6 is 22.9 Å². The molecule has 0 spiro atoms. The summed E-state index contributed by atoms with van der Waals surface area (Å²) in [5.74, 6) is 0.376. The van der Waals surface area contributed by atoms with Gasteiger partial charge in [-0.3, -0.25) is 0 Å². The predicted molar refractivity (Wildman–Crippen MR) is 86.0 cm³/mol. The molecule has 2 heterocycles. The van der Waals surface area contributed by atoms with Gasteiger partial charge in [0, 0.05) is 18.2 Å². The summed E-state index contributed by atoms with van der Waals surface area (Å²) in [7, 11) is 0. The molecule has 1 N–H and O–H groups in total. The Labute approximate surface area is 126 Å². The highest BCUT2D eigenvalue weighted by Gasteiger charge is 2.24. The zero-order valence-electron chi connectivity index (χ0n) is 10.8. The molecule has 1 aromatic heterocycles. The average Bonchev–Trinajstić information content (AvgIpc) is 2.92. The van der Waals surface area contributed by atoms with E-state index in [1.807, 2.05) is 18.2 Å². The minimum absolute atomic E-state index is 0.376. The lowest BCUT2D eigenvalue weighted by molar-refractivity contribution is 0.716. The fourth-order valence-electron chi connectivity index (χ4n) is 2.81. The molecule has 0 aliphatic carbocycles. The first kappa shape index (κ1) is 12.2. The fourth-order valence-corrected chi connectivity index (χ4v) is 4.22. The molecule has 1 unspecified atom stereocenters. The van der Waals surface area contributed by atoms with Crippen molar-refractivity contribution in [1.29, 1.82) is 0 Å². The van der Waals surface area contributed by atoms with Crippen molar-refractivity contribution in [3.8, 4) is 0 Å². The van der Waals surface area contributed by atoms with E-state index >= 15 is 0 Å². The number of halogens is 1. The first-order valence-electron chi connectivity index (χ1n) is 6.70. The molecule has 0 bridgehead atoms. The molecule has 0 saturated heterocycles. The van der Waals surface area contributed by atoms with Crippen molar-refractivity contribution in [3.05, 3.63) is 58.1 Å². The van der Waals surface area contributed by atoms with Crippen LogP contribution in [-0.4, -0.2) is 11.5 Å². The Morgan fingerprint density at radius 3 is 2.95 bits per heavy atom. The zero-order valence-corrected chi connectivity index (χ0v) is 12.3. The van der Waals surface area contributed by atoms with E-state index in [4.69, 9.17) is 16.6 Å². The van der Waals surface area contributed by atoms with Gasteiger partial charge in [0.05, 0.1) is 15.2 Å². The van der Waals surface area contributed by atoms with E-state index in [-0.39, 0.29) is 0 Å². The van der Waals surface area contributed by atoms with Crippen LogP contribution in [0.1, 0.15) is 22.9 Å². The van der Waals surface area contributed by atoms with Gasteiger partial charge in [-0.2, -0.15) is 0 Å².